The number of hydrogen-bond donors (Lipinski definition) is 2. The van der Waals surface area contributed by atoms with Gasteiger partial charge in [-0.15, -0.1) is 0 Å². The zero-order chi connectivity index (χ0) is 10.6. The number of hydrogen-bond acceptors (Lipinski definition) is 4. The lowest BCUT2D eigenvalue weighted by molar-refractivity contribution is 0.289. The van der Waals surface area contributed by atoms with Gasteiger partial charge in [0.25, 0.3) is 0 Å². The second kappa shape index (κ2) is 5.01. The Bertz CT molecular complexity index is 225. The van der Waals surface area contributed by atoms with Crippen molar-refractivity contribution in [1.29, 1.82) is 5.26 Å². The van der Waals surface area contributed by atoms with Crippen LogP contribution in [0.4, 0.5) is 0 Å². The normalized spacial score (nSPS) is 22.4. The van der Waals surface area contributed by atoms with E-state index in [1.807, 2.05) is 0 Å². The van der Waals surface area contributed by atoms with Gasteiger partial charge in [-0.2, -0.15) is 17.0 Å². The number of aliphatic hydroxyl groups is 1. The second-order valence-electron chi connectivity index (χ2n) is 4.06. The highest BCUT2D eigenvalue weighted by Crippen LogP contribution is 2.40. The van der Waals surface area contributed by atoms with Crippen molar-refractivity contribution in [3.05, 3.63) is 0 Å². The first-order chi connectivity index (χ1) is 6.62. The lowest BCUT2D eigenvalue weighted by Gasteiger charge is -2.22. The largest absolute Gasteiger partial charge is 0.396 e. The highest BCUT2D eigenvalue weighted by molar-refractivity contribution is 7.99. The maximum absolute atomic E-state index is 9.00. The molecule has 2 atom stereocenters. The second-order valence-corrected chi connectivity index (χ2v) is 5.49. The van der Waals surface area contributed by atoms with Gasteiger partial charge in [0.2, 0.25) is 0 Å². The van der Waals surface area contributed by atoms with Crippen LogP contribution in [0.25, 0.3) is 0 Å². The van der Waals surface area contributed by atoms with E-state index in [2.05, 4.69) is 13.0 Å². The Labute approximate surface area is 89.7 Å². The van der Waals surface area contributed by atoms with Gasteiger partial charge in [0.15, 0.2) is 0 Å². The molecule has 1 aliphatic carbocycles. The fraction of sp³-hybridized carbons (Fsp3) is 0.900. The van der Waals surface area contributed by atoms with Crippen molar-refractivity contribution < 1.29 is 5.11 Å². The number of nitrogens with two attached hydrogens (primary N) is 1. The Morgan fingerprint density at radius 3 is 2.79 bits per heavy atom. The summed E-state index contributed by atoms with van der Waals surface area (Å²) in [5.41, 5.74) is 5.37. The molecule has 0 aromatic carbocycles. The smallest absolute Gasteiger partial charge is 0.116 e. The van der Waals surface area contributed by atoms with Gasteiger partial charge in [-0.1, -0.05) is 6.92 Å². The zero-order valence-electron chi connectivity index (χ0n) is 8.57. The van der Waals surface area contributed by atoms with E-state index in [0.717, 1.165) is 19.3 Å². The summed E-state index contributed by atoms with van der Waals surface area (Å²) in [5.74, 6) is 1.09. The first-order valence-corrected chi connectivity index (χ1v) is 6.10. The van der Waals surface area contributed by atoms with E-state index in [-0.39, 0.29) is 6.61 Å². The molecule has 0 spiro atoms. The highest BCUT2D eigenvalue weighted by atomic mass is 32.2. The molecule has 1 rings (SSSR count). The van der Waals surface area contributed by atoms with Crippen LogP contribution in [0.15, 0.2) is 0 Å². The predicted octanol–water partition coefficient (Wildman–Crippen LogP) is 1.12. The molecule has 0 aromatic rings. The topological polar surface area (TPSA) is 70.0 Å². The molecule has 1 fully saturated rings. The summed E-state index contributed by atoms with van der Waals surface area (Å²) < 4.78 is 0. The van der Waals surface area contributed by atoms with Gasteiger partial charge in [-0.3, -0.25) is 0 Å². The molecule has 1 aliphatic rings. The predicted molar refractivity (Wildman–Crippen MR) is 58.9 cm³/mol. The maximum atomic E-state index is 9.00. The van der Waals surface area contributed by atoms with Gasteiger partial charge in [0.05, 0.1) is 6.07 Å². The summed E-state index contributed by atoms with van der Waals surface area (Å²) in [6, 6.07) is 2.23. The summed E-state index contributed by atoms with van der Waals surface area (Å²) in [4.78, 5) is 0. The van der Waals surface area contributed by atoms with Crippen molar-refractivity contribution >= 4 is 11.8 Å². The number of nitriles is 1. The fourth-order valence-electron chi connectivity index (χ4n) is 1.39. The van der Waals surface area contributed by atoms with Crippen molar-refractivity contribution in [2.24, 2.45) is 11.7 Å². The van der Waals surface area contributed by atoms with Crippen LogP contribution < -0.4 is 5.73 Å². The Morgan fingerprint density at radius 1 is 1.71 bits per heavy atom. The molecule has 0 aromatic heterocycles. The molecule has 80 valence electrons. The third-order valence-electron chi connectivity index (χ3n) is 2.66. The van der Waals surface area contributed by atoms with Gasteiger partial charge < -0.3 is 10.8 Å². The van der Waals surface area contributed by atoms with E-state index >= 15 is 0 Å². The Kier molecular flexibility index (Phi) is 4.24. The third-order valence-corrected chi connectivity index (χ3v) is 4.11. The molecule has 3 nitrogen and oxygen atoms in total. The standard InChI is InChI=1S/C10H18N2OS/c1-8(4-5-13)14-7-10(12,6-11)9-2-3-9/h8-9,13H,2-5,7,12H2,1H3. The zero-order valence-corrected chi connectivity index (χ0v) is 9.39. The van der Waals surface area contributed by atoms with E-state index in [1.54, 1.807) is 11.8 Å². The quantitative estimate of drug-likeness (QED) is 0.695. The van der Waals surface area contributed by atoms with E-state index in [9.17, 15) is 0 Å². The molecule has 3 N–H and O–H groups in total. The minimum atomic E-state index is -0.631. The van der Waals surface area contributed by atoms with Crippen LogP contribution in [0.1, 0.15) is 26.2 Å². The molecule has 0 amide bonds. The van der Waals surface area contributed by atoms with Crippen LogP contribution in [-0.2, 0) is 0 Å². The summed E-state index contributed by atoms with van der Waals surface area (Å²) in [5, 5.41) is 18.1. The first kappa shape index (κ1) is 11.8. The molecular weight excluding hydrogens is 196 g/mol. The monoisotopic (exact) mass is 214 g/mol. The van der Waals surface area contributed by atoms with Crippen LogP contribution in [0, 0.1) is 17.2 Å². The average Bonchev–Trinajstić information content (AvgIpc) is 2.98. The summed E-state index contributed by atoms with van der Waals surface area (Å²) >= 11 is 1.69. The first-order valence-electron chi connectivity index (χ1n) is 5.05. The molecule has 0 bridgehead atoms. The molecule has 0 heterocycles. The van der Waals surface area contributed by atoms with Crippen molar-refractivity contribution in [1.82, 2.24) is 0 Å². The Hall–Kier alpha value is -0.240. The van der Waals surface area contributed by atoms with Crippen LogP contribution in [0.3, 0.4) is 0 Å². The van der Waals surface area contributed by atoms with Crippen molar-refractivity contribution in [2.45, 2.75) is 37.0 Å². The Balaban J connectivity index is 2.31. The molecule has 4 heteroatoms. The molecule has 1 saturated carbocycles. The van der Waals surface area contributed by atoms with E-state index in [4.69, 9.17) is 16.1 Å². The highest BCUT2D eigenvalue weighted by Gasteiger charge is 2.42. The van der Waals surface area contributed by atoms with E-state index < -0.39 is 5.54 Å². The van der Waals surface area contributed by atoms with Crippen molar-refractivity contribution in [3.8, 4) is 6.07 Å². The number of aliphatic hydroxyl groups excluding tert-OH is 1. The van der Waals surface area contributed by atoms with Gasteiger partial charge in [0.1, 0.15) is 5.54 Å². The minimum absolute atomic E-state index is 0.210. The molecule has 2 unspecified atom stereocenters. The number of rotatable bonds is 6. The lowest BCUT2D eigenvalue weighted by Crippen LogP contribution is -2.43. The SMILES string of the molecule is CC(CCO)SCC(N)(C#N)C1CC1. The van der Waals surface area contributed by atoms with Gasteiger partial charge in [0, 0.05) is 17.6 Å². The molecular formula is C10H18N2OS. The van der Waals surface area contributed by atoms with E-state index in [1.165, 1.54) is 0 Å². The Morgan fingerprint density at radius 2 is 2.36 bits per heavy atom. The van der Waals surface area contributed by atoms with Crippen molar-refractivity contribution in [2.75, 3.05) is 12.4 Å². The molecule has 0 aliphatic heterocycles. The van der Waals surface area contributed by atoms with E-state index in [0.29, 0.717) is 16.9 Å². The van der Waals surface area contributed by atoms with Crippen LogP contribution in [-0.4, -0.2) is 28.3 Å². The maximum Gasteiger partial charge on any atom is 0.116 e. The molecule has 14 heavy (non-hydrogen) atoms. The average molecular weight is 214 g/mol. The number of nitrogens with zero attached hydrogens (tertiary/aromatic N) is 1. The van der Waals surface area contributed by atoms with Crippen molar-refractivity contribution in [3.63, 3.8) is 0 Å². The summed E-state index contributed by atoms with van der Waals surface area (Å²) in [7, 11) is 0. The third kappa shape index (κ3) is 3.16. The van der Waals surface area contributed by atoms with Crippen LogP contribution in [0.5, 0.6) is 0 Å². The van der Waals surface area contributed by atoms with Crippen LogP contribution in [0.2, 0.25) is 0 Å². The fourth-order valence-corrected chi connectivity index (χ4v) is 2.52. The summed E-state index contributed by atoms with van der Waals surface area (Å²) in [6.45, 7) is 2.27. The van der Waals surface area contributed by atoms with Gasteiger partial charge in [-0.25, -0.2) is 0 Å². The lowest BCUT2D eigenvalue weighted by atomic mass is 10.00. The minimum Gasteiger partial charge on any atom is -0.396 e. The van der Waals surface area contributed by atoms with Gasteiger partial charge in [-0.05, 0) is 25.2 Å². The van der Waals surface area contributed by atoms with Gasteiger partial charge >= 0.3 is 0 Å². The molecule has 0 saturated heterocycles. The number of thioether (sulfide) groups is 1. The summed E-state index contributed by atoms with van der Waals surface area (Å²) in [6.07, 6.45) is 2.97. The van der Waals surface area contributed by atoms with Crippen LogP contribution >= 0.6 is 11.8 Å². The molecule has 0 radical (unpaired) electrons.